The minimum atomic E-state index is -0.504. The zero-order chi connectivity index (χ0) is 15.4. The summed E-state index contributed by atoms with van der Waals surface area (Å²) in [4.78, 5) is 24.7. The molecule has 6 nitrogen and oxygen atoms in total. The van der Waals surface area contributed by atoms with Gasteiger partial charge in [0, 0.05) is 35.8 Å². The van der Waals surface area contributed by atoms with Gasteiger partial charge in [0.25, 0.3) is 11.6 Å². The summed E-state index contributed by atoms with van der Waals surface area (Å²) in [5.74, 6) is -0.189. The normalized spacial score (nSPS) is 18.0. The van der Waals surface area contributed by atoms with Gasteiger partial charge in [-0.25, -0.2) is 0 Å². The van der Waals surface area contributed by atoms with Gasteiger partial charge in [-0.3, -0.25) is 14.9 Å². The molecule has 1 N–H and O–H groups in total. The van der Waals surface area contributed by atoms with Gasteiger partial charge in [-0.2, -0.15) is 0 Å². The summed E-state index contributed by atoms with van der Waals surface area (Å²) in [7, 11) is 0. The van der Waals surface area contributed by atoms with Crippen LogP contribution in [0.1, 0.15) is 36.0 Å². The Hall–Kier alpha value is -1.47. The second kappa shape index (κ2) is 7.00. The standard InChI is InChI=1S/C14H17BrN2O4/c15-13-6-5-11(17(20)21)9-12(13)14(19)16-7-1-3-10(16)4-2-8-18/h5-6,9-10,18H,1-4,7-8H2. The van der Waals surface area contributed by atoms with Crippen LogP contribution in [0.25, 0.3) is 0 Å². The van der Waals surface area contributed by atoms with Crippen molar-refractivity contribution in [2.45, 2.75) is 31.7 Å². The summed E-state index contributed by atoms with van der Waals surface area (Å²) in [5, 5.41) is 19.8. The van der Waals surface area contributed by atoms with Crippen LogP contribution >= 0.6 is 15.9 Å². The maximum absolute atomic E-state index is 12.6. The molecule has 1 unspecified atom stereocenters. The summed E-state index contributed by atoms with van der Waals surface area (Å²) >= 11 is 3.29. The molecule has 0 spiro atoms. The SMILES string of the molecule is O=C(c1cc([N+](=O)[O-])ccc1Br)N1CCCC1CCCO. The van der Waals surface area contributed by atoms with Crippen molar-refractivity contribution in [3.05, 3.63) is 38.3 Å². The summed E-state index contributed by atoms with van der Waals surface area (Å²) in [6.07, 6.45) is 3.26. The molecule has 1 aliphatic rings. The Morgan fingerprint density at radius 3 is 2.95 bits per heavy atom. The molecule has 21 heavy (non-hydrogen) atoms. The molecule has 0 aromatic heterocycles. The molecule has 7 heteroatoms. The first-order chi connectivity index (χ1) is 10.0. The van der Waals surface area contributed by atoms with Gasteiger partial charge in [0.05, 0.1) is 10.5 Å². The van der Waals surface area contributed by atoms with Gasteiger partial charge in [0.2, 0.25) is 0 Å². The van der Waals surface area contributed by atoms with E-state index in [0.717, 1.165) is 19.3 Å². The second-order valence-electron chi connectivity index (χ2n) is 5.08. The highest BCUT2D eigenvalue weighted by molar-refractivity contribution is 9.10. The molecule has 0 radical (unpaired) electrons. The molecule has 1 aromatic carbocycles. The number of aliphatic hydroxyl groups excluding tert-OH is 1. The van der Waals surface area contributed by atoms with E-state index in [1.54, 1.807) is 4.90 Å². The lowest BCUT2D eigenvalue weighted by molar-refractivity contribution is -0.384. The summed E-state index contributed by atoms with van der Waals surface area (Å²) < 4.78 is 0.561. The number of hydrogen-bond acceptors (Lipinski definition) is 4. The van der Waals surface area contributed by atoms with Crippen molar-refractivity contribution in [1.29, 1.82) is 0 Å². The lowest BCUT2D eigenvalue weighted by Crippen LogP contribution is -2.35. The number of nitro groups is 1. The van der Waals surface area contributed by atoms with E-state index in [-0.39, 0.29) is 24.2 Å². The Labute approximate surface area is 131 Å². The second-order valence-corrected chi connectivity index (χ2v) is 5.94. The molecule has 0 saturated carbocycles. The third-order valence-corrected chi connectivity index (χ3v) is 4.42. The van der Waals surface area contributed by atoms with Crippen LogP contribution < -0.4 is 0 Å². The largest absolute Gasteiger partial charge is 0.396 e. The number of nitrogens with zero attached hydrogens (tertiary/aromatic N) is 2. The molecule has 1 atom stereocenters. The number of carbonyl (C=O) groups excluding carboxylic acids is 1. The smallest absolute Gasteiger partial charge is 0.270 e. The van der Waals surface area contributed by atoms with E-state index in [4.69, 9.17) is 5.11 Å². The van der Waals surface area contributed by atoms with Crippen molar-refractivity contribution < 1.29 is 14.8 Å². The first kappa shape index (κ1) is 15.9. The van der Waals surface area contributed by atoms with Crippen molar-refractivity contribution in [2.75, 3.05) is 13.2 Å². The average Bonchev–Trinajstić information content (AvgIpc) is 2.93. The van der Waals surface area contributed by atoms with Crippen LogP contribution in [0.5, 0.6) is 0 Å². The van der Waals surface area contributed by atoms with Crippen molar-refractivity contribution in [3.8, 4) is 0 Å². The number of halogens is 1. The zero-order valence-corrected chi connectivity index (χ0v) is 13.1. The van der Waals surface area contributed by atoms with Crippen LogP contribution in [0.4, 0.5) is 5.69 Å². The van der Waals surface area contributed by atoms with Crippen molar-refractivity contribution in [3.63, 3.8) is 0 Å². The Kier molecular flexibility index (Phi) is 5.30. The topological polar surface area (TPSA) is 83.7 Å². The van der Waals surface area contributed by atoms with E-state index < -0.39 is 4.92 Å². The van der Waals surface area contributed by atoms with Crippen LogP contribution in [0.3, 0.4) is 0 Å². The number of non-ortho nitro benzene ring substituents is 1. The van der Waals surface area contributed by atoms with Crippen LogP contribution in [-0.4, -0.2) is 40.0 Å². The highest BCUT2D eigenvalue weighted by Crippen LogP contribution is 2.28. The molecule has 1 aliphatic heterocycles. The number of nitro benzene ring substituents is 1. The number of aliphatic hydroxyl groups is 1. The Bertz CT molecular complexity index is 550. The van der Waals surface area contributed by atoms with Crippen LogP contribution in [-0.2, 0) is 0 Å². The molecule has 1 saturated heterocycles. The molecule has 1 heterocycles. The highest BCUT2D eigenvalue weighted by atomic mass is 79.9. The number of benzene rings is 1. The fourth-order valence-electron chi connectivity index (χ4n) is 2.68. The van der Waals surface area contributed by atoms with Gasteiger partial charge in [-0.15, -0.1) is 0 Å². The first-order valence-electron chi connectivity index (χ1n) is 6.90. The third-order valence-electron chi connectivity index (χ3n) is 3.72. The van der Waals surface area contributed by atoms with Crippen LogP contribution in [0.15, 0.2) is 22.7 Å². The van der Waals surface area contributed by atoms with E-state index >= 15 is 0 Å². The number of amides is 1. The molecule has 1 amide bonds. The van der Waals surface area contributed by atoms with Gasteiger partial charge >= 0.3 is 0 Å². The van der Waals surface area contributed by atoms with Gasteiger partial charge in [-0.1, -0.05) is 0 Å². The van der Waals surface area contributed by atoms with Gasteiger partial charge < -0.3 is 10.0 Å². The quantitative estimate of drug-likeness (QED) is 0.649. The molecule has 2 rings (SSSR count). The van der Waals surface area contributed by atoms with Crippen molar-refractivity contribution in [2.24, 2.45) is 0 Å². The maximum atomic E-state index is 12.6. The van der Waals surface area contributed by atoms with Gasteiger partial charge in [-0.05, 0) is 47.7 Å². The Balaban J connectivity index is 2.22. The average molecular weight is 357 g/mol. The van der Waals surface area contributed by atoms with E-state index in [2.05, 4.69) is 15.9 Å². The van der Waals surface area contributed by atoms with E-state index in [1.165, 1.54) is 18.2 Å². The minimum absolute atomic E-state index is 0.0901. The first-order valence-corrected chi connectivity index (χ1v) is 7.69. The number of carbonyl (C=O) groups is 1. The van der Waals surface area contributed by atoms with Gasteiger partial charge in [0.1, 0.15) is 0 Å². The van der Waals surface area contributed by atoms with E-state index in [0.29, 0.717) is 23.0 Å². The minimum Gasteiger partial charge on any atom is -0.396 e. The van der Waals surface area contributed by atoms with Crippen LogP contribution in [0.2, 0.25) is 0 Å². The fraction of sp³-hybridized carbons (Fsp3) is 0.500. The number of hydrogen-bond donors (Lipinski definition) is 1. The molecule has 1 fully saturated rings. The monoisotopic (exact) mass is 356 g/mol. The molecular formula is C14H17BrN2O4. The summed E-state index contributed by atoms with van der Waals surface area (Å²) in [6, 6.07) is 4.32. The number of rotatable bonds is 5. The Morgan fingerprint density at radius 1 is 1.52 bits per heavy atom. The van der Waals surface area contributed by atoms with E-state index in [9.17, 15) is 14.9 Å². The molecule has 0 bridgehead atoms. The van der Waals surface area contributed by atoms with Crippen molar-refractivity contribution in [1.82, 2.24) is 4.90 Å². The Morgan fingerprint density at radius 2 is 2.29 bits per heavy atom. The maximum Gasteiger partial charge on any atom is 0.270 e. The number of likely N-dealkylation sites (tertiary alicyclic amines) is 1. The molecular weight excluding hydrogens is 340 g/mol. The summed E-state index contributed by atoms with van der Waals surface area (Å²) in [6.45, 7) is 0.767. The predicted octanol–water partition coefficient (Wildman–Crippen LogP) is 2.73. The van der Waals surface area contributed by atoms with Gasteiger partial charge in [0.15, 0.2) is 0 Å². The molecule has 1 aromatic rings. The third kappa shape index (κ3) is 3.59. The predicted molar refractivity (Wildman–Crippen MR) is 81.2 cm³/mol. The zero-order valence-electron chi connectivity index (χ0n) is 11.5. The van der Waals surface area contributed by atoms with Crippen molar-refractivity contribution >= 4 is 27.5 Å². The highest BCUT2D eigenvalue weighted by Gasteiger charge is 2.30. The lowest BCUT2D eigenvalue weighted by atomic mass is 10.1. The van der Waals surface area contributed by atoms with E-state index in [1.807, 2.05) is 0 Å². The molecule has 114 valence electrons. The lowest BCUT2D eigenvalue weighted by Gasteiger charge is -2.25. The fourth-order valence-corrected chi connectivity index (χ4v) is 3.09. The summed E-state index contributed by atoms with van der Waals surface area (Å²) in [5.41, 5.74) is 0.229. The van der Waals surface area contributed by atoms with Crippen LogP contribution in [0, 0.1) is 10.1 Å². The molecule has 0 aliphatic carbocycles.